The average Bonchev–Trinajstić information content (AvgIpc) is 3.13. The van der Waals surface area contributed by atoms with Crippen LogP contribution in [-0.4, -0.2) is 23.8 Å². The maximum atomic E-state index is 13.3. The van der Waals surface area contributed by atoms with Crippen molar-refractivity contribution in [2.75, 3.05) is 17.3 Å². The summed E-state index contributed by atoms with van der Waals surface area (Å²) < 4.78 is 5.21. The summed E-state index contributed by atoms with van der Waals surface area (Å²) in [6.45, 7) is 0.398. The Hall–Kier alpha value is -2.02. The van der Waals surface area contributed by atoms with E-state index in [-0.39, 0.29) is 11.8 Å². The van der Waals surface area contributed by atoms with Crippen molar-refractivity contribution in [3.63, 3.8) is 0 Å². The van der Waals surface area contributed by atoms with Crippen LogP contribution in [0.4, 0.5) is 11.4 Å². The van der Waals surface area contributed by atoms with Gasteiger partial charge in [-0.25, -0.2) is 0 Å². The number of fused-ring (bicyclic) bond motifs is 3. The van der Waals surface area contributed by atoms with Gasteiger partial charge in [-0.05, 0) is 30.7 Å². The van der Waals surface area contributed by atoms with E-state index in [9.17, 15) is 9.59 Å². The maximum absolute atomic E-state index is 13.3. The van der Waals surface area contributed by atoms with E-state index >= 15 is 0 Å². The molecule has 7 heteroatoms. The molecule has 1 atom stereocenters. The molecule has 2 aliphatic heterocycles. The molecule has 1 N–H and O–H groups in total. The molecule has 0 saturated carbocycles. The first kappa shape index (κ1) is 17.4. The Labute approximate surface area is 160 Å². The zero-order valence-electron chi connectivity index (χ0n) is 14.1. The number of rotatable bonds is 4. The molecule has 0 radical (unpaired) electrons. The topological polar surface area (TPSA) is 58.6 Å². The van der Waals surface area contributed by atoms with Crippen LogP contribution in [0.5, 0.6) is 0 Å². The van der Waals surface area contributed by atoms with Crippen LogP contribution in [0.1, 0.15) is 18.4 Å². The van der Waals surface area contributed by atoms with E-state index in [0.29, 0.717) is 35.8 Å². The van der Waals surface area contributed by atoms with Crippen molar-refractivity contribution >= 4 is 46.6 Å². The highest BCUT2D eigenvalue weighted by Crippen LogP contribution is 2.56. The number of nitrogens with zero attached hydrogens (tertiary/aromatic N) is 1. The van der Waals surface area contributed by atoms with Gasteiger partial charge in [-0.15, -0.1) is 0 Å². The molecule has 1 saturated heterocycles. The highest BCUT2D eigenvalue weighted by Gasteiger charge is 2.57. The summed E-state index contributed by atoms with van der Waals surface area (Å²) in [5.41, 5.74) is 2.30. The zero-order chi connectivity index (χ0) is 18.3. The molecule has 0 aromatic heterocycles. The van der Waals surface area contributed by atoms with Crippen molar-refractivity contribution in [1.29, 1.82) is 0 Å². The molecule has 0 bridgehead atoms. The summed E-state index contributed by atoms with van der Waals surface area (Å²) >= 11 is 7.53. The lowest BCUT2D eigenvalue weighted by Crippen LogP contribution is -2.49. The van der Waals surface area contributed by atoms with E-state index in [1.807, 2.05) is 30.3 Å². The van der Waals surface area contributed by atoms with Crippen LogP contribution >= 0.6 is 23.4 Å². The van der Waals surface area contributed by atoms with Gasteiger partial charge in [-0.2, -0.15) is 0 Å². The number of ether oxygens (including phenoxy) is 1. The van der Waals surface area contributed by atoms with Gasteiger partial charge in [0.05, 0.1) is 12.3 Å². The van der Waals surface area contributed by atoms with Crippen LogP contribution in [0.25, 0.3) is 0 Å². The van der Waals surface area contributed by atoms with Gasteiger partial charge < -0.3 is 10.1 Å². The van der Waals surface area contributed by atoms with Gasteiger partial charge in [0.25, 0.3) is 5.91 Å². The zero-order valence-corrected chi connectivity index (χ0v) is 15.7. The summed E-state index contributed by atoms with van der Waals surface area (Å²) in [6, 6.07) is 12.9. The molecule has 2 amide bonds. The van der Waals surface area contributed by atoms with Crippen LogP contribution in [0.2, 0.25) is 5.02 Å². The summed E-state index contributed by atoms with van der Waals surface area (Å²) in [5, 5.41) is 3.55. The summed E-state index contributed by atoms with van der Waals surface area (Å²) in [4.78, 5) is 27.3. The minimum absolute atomic E-state index is 0.0566. The van der Waals surface area contributed by atoms with Gasteiger partial charge in [-0.1, -0.05) is 41.6 Å². The number of benzene rings is 2. The number of nitrogens with one attached hydrogen (secondary N) is 1. The number of anilines is 2. The molecule has 2 heterocycles. The number of hydrogen-bond acceptors (Lipinski definition) is 4. The molecule has 5 nitrogen and oxygen atoms in total. The second-order valence-corrected chi connectivity index (χ2v) is 8.03. The predicted molar refractivity (Wildman–Crippen MR) is 103 cm³/mol. The molecule has 0 spiro atoms. The Bertz CT molecular complexity index is 904. The molecule has 2 aromatic rings. The summed E-state index contributed by atoms with van der Waals surface area (Å²) in [6.07, 6.45) is 0.799. The van der Waals surface area contributed by atoms with E-state index in [2.05, 4.69) is 5.32 Å². The Kier molecular flexibility index (Phi) is 4.42. The number of carbonyl (C=O) groups excluding carboxylic acids is 2. The van der Waals surface area contributed by atoms with Gasteiger partial charge >= 0.3 is 0 Å². The van der Waals surface area contributed by atoms with E-state index in [1.165, 1.54) is 11.8 Å². The third kappa shape index (κ3) is 2.69. The van der Waals surface area contributed by atoms with Gasteiger partial charge in [0.1, 0.15) is 0 Å². The van der Waals surface area contributed by atoms with Crippen molar-refractivity contribution in [2.45, 2.75) is 29.2 Å². The fourth-order valence-electron chi connectivity index (χ4n) is 3.47. The molecule has 26 heavy (non-hydrogen) atoms. The lowest BCUT2D eigenvalue weighted by Gasteiger charge is -2.30. The van der Waals surface area contributed by atoms with Crippen molar-refractivity contribution in [3.05, 3.63) is 53.1 Å². The van der Waals surface area contributed by atoms with Crippen LogP contribution in [-0.2, 0) is 20.9 Å². The molecular weight excluding hydrogens is 372 g/mol. The normalized spacial score (nSPS) is 20.8. The third-order valence-electron chi connectivity index (χ3n) is 4.65. The number of halogens is 1. The van der Waals surface area contributed by atoms with E-state index in [1.54, 1.807) is 24.1 Å². The van der Waals surface area contributed by atoms with Gasteiger partial charge in [-0.3, -0.25) is 14.5 Å². The van der Waals surface area contributed by atoms with Crippen molar-refractivity contribution in [2.24, 2.45) is 0 Å². The number of carbonyl (C=O) groups is 2. The number of methoxy groups -OCH3 is 1. The first-order valence-electron chi connectivity index (χ1n) is 8.25. The summed E-state index contributed by atoms with van der Waals surface area (Å²) in [7, 11) is 1.61. The highest BCUT2D eigenvalue weighted by atomic mass is 35.5. The second kappa shape index (κ2) is 6.61. The van der Waals surface area contributed by atoms with Crippen LogP contribution in [0.3, 0.4) is 0 Å². The maximum Gasteiger partial charge on any atom is 0.261 e. The molecule has 0 unspecified atom stereocenters. The smallest absolute Gasteiger partial charge is 0.261 e. The fraction of sp³-hybridized carbons (Fsp3) is 0.263. The van der Waals surface area contributed by atoms with Crippen LogP contribution < -0.4 is 10.2 Å². The van der Waals surface area contributed by atoms with Crippen molar-refractivity contribution in [1.82, 2.24) is 0 Å². The molecule has 2 aromatic carbocycles. The SMILES string of the molecule is COCc1ccccc1NC(=O)[C@@]12CCC(=O)N1c1cc(Cl)ccc1S2. The Morgan fingerprint density at radius 1 is 1.35 bits per heavy atom. The predicted octanol–water partition coefficient (Wildman–Crippen LogP) is 4.05. The molecular formula is C19H17ClN2O3S. The Balaban J connectivity index is 1.69. The van der Waals surface area contributed by atoms with Gasteiger partial charge in [0, 0.05) is 34.7 Å². The largest absolute Gasteiger partial charge is 0.380 e. The molecule has 1 fully saturated rings. The summed E-state index contributed by atoms with van der Waals surface area (Å²) in [5.74, 6) is -0.261. The van der Waals surface area contributed by atoms with Crippen molar-refractivity contribution < 1.29 is 14.3 Å². The highest BCUT2D eigenvalue weighted by molar-refractivity contribution is 8.02. The van der Waals surface area contributed by atoms with E-state index < -0.39 is 4.87 Å². The standard InChI is InChI=1S/C19H17ClN2O3S/c1-25-11-12-4-2-3-5-14(12)21-18(24)19-9-8-17(23)22(19)15-10-13(20)6-7-16(15)26-19/h2-7,10H,8-9,11H2,1H3,(H,21,24)/t19-/m0/s1. The number of para-hydroxylation sites is 1. The Morgan fingerprint density at radius 2 is 2.15 bits per heavy atom. The Morgan fingerprint density at radius 3 is 2.96 bits per heavy atom. The van der Waals surface area contributed by atoms with Crippen molar-refractivity contribution in [3.8, 4) is 0 Å². The minimum Gasteiger partial charge on any atom is -0.380 e. The van der Waals surface area contributed by atoms with E-state index in [0.717, 1.165) is 10.5 Å². The second-order valence-electron chi connectivity index (χ2n) is 6.27. The molecule has 0 aliphatic carbocycles. The number of hydrogen-bond donors (Lipinski definition) is 1. The van der Waals surface area contributed by atoms with Gasteiger partial charge in [0.2, 0.25) is 5.91 Å². The lowest BCUT2D eigenvalue weighted by atomic mass is 10.1. The third-order valence-corrected chi connectivity index (χ3v) is 6.36. The lowest BCUT2D eigenvalue weighted by molar-refractivity contribution is -0.121. The molecule has 2 aliphatic rings. The number of amides is 2. The minimum atomic E-state index is -0.968. The van der Waals surface area contributed by atoms with Gasteiger partial charge in [0.15, 0.2) is 4.87 Å². The van der Waals surface area contributed by atoms with Crippen LogP contribution in [0, 0.1) is 0 Å². The monoisotopic (exact) mass is 388 g/mol. The quantitative estimate of drug-likeness (QED) is 0.858. The van der Waals surface area contributed by atoms with E-state index in [4.69, 9.17) is 16.3 Å². The first-order valence-corrected chi connectivity index (χ1v) is 9.44. The number of thioether (sulfide) groups is 1. The molecule has 4 rings (SSSR count). The molecule has 134 valence electrons. The average molecular weight is 389 g/mol. The first-order chi connectivity index (χ1) is 12.5. The fourth-order valence-corrected chi connectivity index (χ4v) is 5.03. The van der Waals surface area contributed by atoms with Crippen LogP contribution in [0.15, 0.2) is 47.4 Å².